The molecule has 2 aromatic rings. The van der Waals surface area contributed by atoms with Gasteiger partial charge in [-0.1, -0.05) is 39.3 Å². The lowest BCUT2D eigenvalue weighted by molar-refractivity contribution is 0.162. The number of aryl methyl sites for hydroxylation is 1. The first-order valence-electron chi connectivity index (χ1n) is 11.9. The summed E-state index contributed by atoms with van der Waals surface area (Å²) in [6, 6.07) is 1.77. The molecule has 2 aliphatic heterocycles. The standard InChI is InChI=1S/C21H33N7.C2H6/c1-4-6-7-18-13-27(25-24-18)12-17-10-22-21(23-11-17)28-19-8-9-20(28)15-26(14-19)16(3)5-2;1-2/h10-11,13,16,19-20H,4-9,12,14-15H2,1-3H3;1-2H3. The van der Waals surface area contributed by atoms with Crippen LogP contribution in [0.2, 0.25) is 0 Å². The molecule has 0 aliphatic carbocycles. The number of piperazine rings is 1. The summed E-state index contributed by atoms with van der Waals surface area (Å²) in [5.41, 5.74) is 2.14. The minimum Gasteiger partial charge on any atom is -0.332 e. The van der Waals surface area contributed by atoms with Crippen molar-refractivity contribution in [1.82, 2.24) is 29.9 Å². The molecule has 7 nitrogen and oxygen atoms in total. The Bertz CT molecular complexity index is 743. The summed E-state index contributed by atoms with van der Waals surface area (Å²) in [5, 5.41) is 8.50. The largest absolute Gasteiger partial charge is 0.332 e. The summed E-state index contributed by atoms with van der Waals surface area (Å²) in [7, 11) is 0. The fourth-order valence-electron chi connectivity index (χ4n) is 4.52. The zero-order chi connectivity index (χ0) is 21.5. The van der Waals surface area contributed by atoms with Gasteiger partial charge in [0.1, 0.15) is 0 Å². The summed E-state index contributed by atoms with van der Waals surface area (Å²) >= 11 is 0. The van der Waals surface area contributed by atoms with E-state index in [-0.39, 0.29) is 0 Å². The highest BCUT2D eigenvalue weighted by atomic mass is 15.4. The predicted octanol–water partition coefficient (Wildman–Crippen LogP) is 3.94. The van der Waals surface area contributed by atoms with Crippen molar-refractivity contribution in [2.24, 2.45) is 0 Å². The third-order valence-electron chi connectivity index (χ3n) is 6.36. The third kappa shape index (κ3) is 5.17. The van der Waals surface area contributed by atoms with Gasteiger partial charge >= 0.3 is 0 Å². The van der Waals surface area contributed by atoms with Gasteiger partial charge in [0.2, 0.25) is 5.95 Å². The maximum absolute atomic E-state index is 4.72. The number of anilines is 1. The third-order valence-corrected chi connectivity index (χ3v) is 6.36. The molecule has 2 aromatic heterocycles. The molecule has 0 spiro atoms. The van der Waals surface area contributed by atoms with Crippen LogP contribution >= 0.6 is 0 Å². The van der Waals surface area contributed by atoms with Gasteiger partial charge in [-0.3, -0.25) is 4.90 Å². The van der Waals surface area contributed by atoms with E-state index in [1.165, 1.54) is 25.7 Å². The summed E-state index contributed by atoms with van der Waals surface area (Å²) < 4.78 is 1.89. The van der Waals surface area contributed by atoms with Gasteiger partial charge in [0.25, 0.3) is 0 Å². The van der Waals surface area contributed by atoms with Crippen LogP contribution in [0.1, 0.15) is 78.0 Å². The van der Waals surface area contributed by atoms with Crippen molar-refractivity contribution in [2.45, 2.75) is 97.8 Å². The molecule has 3 unspecified atom stereocenters. The van der Waals surface area contributed by atoms with Gasteiger partial charge in [0.15, 0.2) is 0 Å². The molecule has 7 heteroatoms. The first kappa shape index (κ1) is 22.7. The van der Waals surface area contributed by atoms with E-state index in [0.717, 1.165) is 43.1 Å². The van der Waals surface area contributed by atoms with E-state index in [0.29, 0.717) is 24.7 Å². The average molecular weight is 414 g/mol. The SMILES string of the molecule is CC.CCCCc1cn(Cc2cnc(N3C4CCC3CN(C(C)CC)C4)nc2)nn1. The predicted molar refractivity (Wildman–Crippen MR) is 122 cm³/mol. The molecule has 0 saturated carbocycles. The fourth-order valence-corrected chi connectivity index (χ4v) is 4.52. The van der Waals surface area contributed by atoms with Crippen molar-refractivity contribution in [1.29, 1.82) is 0 Å². The Balaban J connectivity index is 0.00000124. The van der Waals surface area contributed by atoms with Crippen LogP contribution in [0.5, 0.6) is 0 Å². The van der Waals surface area contributed by atoms with Crippen molar-refractivity contribution in [3.63, 3.8) is 0 Å². The molecule has 0 amide bonds. The van der Waals surface area contributed by atoms with Crippen LogP contribution in [-0.2, 0) is 13.0 Å². The fraction of sp³-hybridized carbons (Fsp3) is 0.739. The molecule has 166 valence electrons. The van der Waals surface area contributed by atoms with Gasteiger partial charge in [-0.25, -0.2) is 14.6 Å². The van der Waals surface area contributed by atoms with E-state index in [1.807, 2.05) is 37.1 Å². The maximum atomic E-state index is 4.72. The molecule has 0 radical (unpaired) electrons. The number of hydrogen-bond donors (Lipinski definition) is 0. The van der Waals surface area contributed by atoms with Crippen molar-refractivity contribution < 1.29 is 0 Å². The zero-order valence-electron chi connectivity index (χ0n) is 19.5. The van der Waals surface area contributed by atoms with Crippen molar-refractivity contribution in [3.05, 3.63) is 29.8 Å². The van der Waals surface area contributed by atoms with Crippen LogP contribution in [0.15, 0.2) is 18.6 Å². The smallest absolute Gasteiger partial charge is 0.225 e. The Morgan fingerprint density at radius 1 is 1.07 bits per heavy atom. The second kappa shape index (κ2) is 10.8. The van der Waals surface area contributed by atoms with Crippen LogP contribution in [0, 0.1) is 0 Å². The van der Waals surface area contributed by atoms with Gasteiger partial charge in [-0.15, -0.1) is 5.10 Å². The molecule has 3 atom stereocenters. The molecule has 0 N–H and O–H groups in total. The molecule has 4 heterocycles. The van der Waals surface area contributed by atoms with Gasteiger partial charge in [-0.05, 0) is 39.0 Å². The molecule has 2 saturated heterocycles. The van der Waals surface area contributed by atoms with E-state index >= 15 is 0 Å². The summed E-state index contributed by atoms with van der Waals surface area (Å²) in [4.78, 5) is 14.6. The lowest BCUT2D eigenvalue weighted by Gasteiger charge is -2.43. The number of likely N-dealkylation sites (tertiary alicyclic amines) is 1. The highest BCUT2D eigenvalue weighted by Crippen LogP contribution is 2.33. The molecule has 0 aromatic carbocycles. The molecule has 2 bridgehead atoms. The quantitative estimate of drug-likeness (QED) is 0.653. The topological polar surface area (TPSA) is 63.0 Å². The van der Waals surface area contributed by atoms with E-state index in [1.54, 1.807) is 0 Å². The van der Waals surface area contributed by atoms with Crippen LogP contribution in [0.4, 0.5) is 5.95 Å². The minimum atomic E-state index is 0.551. The van der Waals surface area contributed by atoms with Gasteiger partial charge < -0.3 is 4.90 Å². The highest BCUT2D eigenvalue weighted by Gasteiger charge is 2.41. The lowest BCUT2D eigenvalue weighted by atomic mass is 10.1. The van der Waals surface area contributed by atoms with Crippen molar-refractivity contribution in [3.8, 4) is 0 Å². The Morgan fingerprint density at radius 2 is 1.73 bits per heavy atom. The Hall–Kier alpha value is -2.02. The molecular formula is C23H39N7. The first-order valence-corrected chi connectivity index (χ1v) is 11.9. The Kier molecular flexibility index (Phi) is 8.19. The second-order valence-corrected chi connectivity index (χ2v) is 8.41. The van der Waals surface area contributed by atoms with Gasteiger partial charge in [0.05, 0.1) is 12.2 Å². The maximum Gasteiger partial charge on any atom is 0.225 e. The van der Waals surface area contributed by atoms with E-state index in [9.17, 15) is 0 Å². The van der Waals surface area contributed by atoms with Crippen molar-refractivity contribution in [2.75, 3.05) is 18.0 Å². The lowest BCUT2D eigenvalue weighted by Crippen LogP contribution is -2.56. The van der Waals surface area contributed by atoms with Crippen molar-refractivity contribution >= 4 is 5.95 Å². The Labute approximate surface area is 181 Å². The van der Waals surface area contributed by atoms with Gasteiger partial charge in [0, 0.05) is 55.4 Å². The van der Waals surface area contributed by atoms with E-state index in [2.05, 4.69) is 40.9 Å². The van der Waals surface area contributed by atoms with Crippen LogP contribution in [0.3, 0.4) is 0 Å². The minimum absolute atomic E-state index is 0.551. The number of hydrogen-bond acceptors (Lipinski definition) is 6. The normalized spacial score (nSPS) is 22.0. The number of aromatic nitrogens is 5. The second-order valence-electron chi connectivity index (χ2n) is 8.41. The molecule has 2 aliphatic rings. The summed E-state index contributed by atoms with van der Waals surface area (Å²) in [6.45, 7) is 13.8. The highest BCUT2D eigenvalue weighted by molar-refractivity contribution is 5.38. The molecular weight excluding hydrogens is 374 g/mol. The first-order chi connectivity index (χ1) is 14.7. The number of nitrogens with zero attached hydrogens (tertiary/aromatic N) is 7. The van der Waals surface area contributed by atoms with E-state index in [4.69, 9.17) is 9.97 Å². The van der Waals surface area contributed by atoms with Gasteiger partial charge in [-0.2, -0.15) is 0 Å². The van der Waals surface area contributed by atoms with Crippen LogP contribution < -0.4 is 4.90 Å². The van der Waals surface area contributed by atoms with E-state index < -0.39 is 0 Å². The van der Waals surface area contributed by atoms with Crippen LogP contribution in [0.25, 0.3) is 0 Å². The average Bonchev–Trinajstić information content (AvgIpc) is 3.34. The number of fused-ring (bicyclic) bond motifs is 2. The number of rotatable bonds is 8. The molecule has 30 heavy (non-hydrogen) atoms. The monoisotopic (exact) mass is 413 g/mol. The number of unbranched alkanes of at least 4 members (excludes halogenated alkanes) is 1. The Morgan fingerprint density at radius 3 is 2.33 bits per heavy atom. The molecule has 4 rings (SSSR count). The van der Waals surface area contributed by atoms with Crippen LogP contribution in [-0.4, -0.2) is 61.1 Å². The molecule has 2 fully saturated rings. The summed E-state index contributed by atoms with van der Waals surface area (Å²) in [6.07, 6.45) is 13.0. The summed E-state index contributed by atoms with van der Waals surface area (Å²) in [5.74, 6) is 0.891. The zero-order valence-corrected chi connectivity index (χ0v) is 19.5.